The van der Waals surface area contributed by atoms with Crippen LogP contribution in [0.4, 0.5) is 5.13 Å². The first-order valence-corrected chi connectivity index (χ1v) is 7.16. The minimum Gasteiger partial charge on any atom is -0.365 e. The molecule has 1 aromatic carbocycles. The van der Waals surface area contributed by atoms with E-state index in [-0.39, 0.29) is 0 Å². The van der Waals surface area contributed by atoms with E-state index in [0.717, 1.165) is 17.2 Å². The van der Waals surface area contributed by atoms with Gasteiger partial charge in [0.05, 0.1) is 5.69 Å². The molecule has 1 heterocycles. The highest BCUT2D eigenvalue weighted by atomic mass is 32.1. The van der Waals surface area contributed by atoms with Crippen molar-refractivity contribution in [3.05, 3.63) is 34.7 Å². The Bertz CT molecular complexity index is 512. The average molecular weight is 260 g/mol. The minimum atomic E-state index is 0.702. The van der Waals surface area contributed by atoms with Crippen LogP contribution in [-0.2, 0) is 6.42 Å². The Balaban J connectivity index is 2.25. The lowest BCUT2D eigenvalue weighted by Crippen LogP contribution is -1.93. The van der Waals surface area contributed by atoms with Gasteiger partial charge >= 0.3 is 0 Å². The molecule has 0 spiro atoms. The molecule has 0 aliphatic rings. The predicted octanol–water partition coefficient (Wildman–Crippen LogP) is 4.36. The van der Waals surface area contributed by atoms with E-state index in [9.17, 15) is 0 Å². The van der Waals surface area contributed by atoms with Crippen molar-refractivity contribution in [1.82, 2.24) is 4.98 Å². The van der Waals surface area contributed by atoms with Gasteiger partial charge in [0, 0.05) is 17.5 Å². The maximum absolute atomic E-state index is 4.60. The highest BCUT2D eigenvalue weighted by Gasteiger charge is 2.08. The summed E-state index contributed by atoms with van der Waals surface area (Å²) in [6, 6.07) is 8.79. The third-order valence-corrected chi connectivity index (χ3v) is 3.87. The van der Waals surface area contributed by atoms with Gasteiger partial charge in [-0.25, -0.2) is 4.98 Å². The second-order valence-electron chi connectivity index (χ2n) is 4.97. The smallest absolute Gasteiger partial charge is 0.183 e. The fourth-order valence-corrected chi connectivity index (χ4v) is 2.83. The number of aromatic nitrogens is 1. The Morgan fingerprint density at radius 3 is 2.39 bits per heavy atom. The van der Waals surface area contributed by atoms with Gasteiger partial charge in [-0.2, -0.15) is 0 Å². The number of anilines is 1. The lowest BCUT2D eigenvalue weighted by atomic mass is 10.0. The van der Waals surface area contributed by atoms with Gasteiger partial charge in [0.15, 0.2) is 5.13 Å². The summed E-state index contributed by atoms with van der Waals surface area (Å²) in [6.45, 7) is 6.62. The van der Waals surface area contributed by atoms with Crippen molar-refractivity contribution < 1.29 is 0 Å². The van der Waals surface area contributed by atoms with Crippen molar-refractivity contribution in [2.24, 2.45) is 5.92 Å². The number of nitrogens with zero attached hydrogens (tertiary/aromatic N) is 1. The van der Waals surface area contributed by atoms with Crippen LogP contribution in [0.2, 0.25) is 0 Å². The van der Waals surface area contributed by atoms with Gasteiger partial charge in [-0.3, -0.25) is 0 Å². The van der Waals surface area contributed by atoms with Crippen molar-refractivity contribution in [3.8, 4) is 11.3 Å². The van der Waals surface area contributed by atoms with Gasteiger partial charge in [-0.05, 0) is 24.8 Å². The van der Waals surface area contributed by atoms with Gasteiger partial charge in [-0.1, -0.05) is 38.1 Å². The van der Waals surface area contributed by atoms with E-state index in [1.54, 1.807) is 11.3 Å². The van der Waals surface area contributed by atoms with Crippen LogP contribution in [0, 0.1) is 12.8 Å². The van der Waals surface area contributed by atoms with Crippen LogP contribution < -0.4 is 5.32 Å². The quantitative estimate of drug-likeness (QED) is 0.883. The van der Waals surface area contributed by atoms with E-state index < -0.39 is 0 Å². The third-order valence-electron chi connectivity index (χ3n) is 2.88. The zero-order valence-electron chi connectivity index (χ0n) is 11.4. The van der Waals surface area contributed by atoms with Crippen molar-refractivity contribution in [2.75, 3.05) is 12.4 Å². The molecule has 0 saturated carbocycles. The summed E-state index contributed by atoms with van der Waals surface area (Å²) >= 11 is 1.70. The highest BCUT2D eigenvalue weighted by Crippen LogP contribution is 2.30. The molecule has 1 N–H and O–H groups in total. The molecular weight excluding hydrogens is 240 g/mol. The van der Waals surface area contributed by atoms with E-state index in [1.165, 1.54) is 16.0 Å². The Kier molecular flexibility index (Phi) is 4.02. The first kappa shape index (κ1) is 13.1. The molecule has 0 aliphatic heterocycles. The molecule has 96 valence electrons. The molecule has 0 atom stereocenters. The van der Waals surface area contributed by atoms with Crippen LogP contribution in [0.25, 0.3) is 11.3 Å². The fourth-order valence-electron chi connectivity index (χ4n) is 2.04. The van der Waals surface area contributed by atoms with E-state index in [0.29, 0.717) is 5.92 Å². The largest absolute Gasteiger partial charge is 0.365 e. The van der Waals surface area contributed by atoms with Crippen LogP contribution in [-0.4, -0.2) is 12.0 Å². The molecule has 0 fully saturated rings. The first-order chi connectivity index (χ1) is 8.60. The second-order valence-corrected chi connectivity index (χ2v) is 6.17. The summed E-state index contributed by atoms with van der Waals surface area (Å²) in [5.41, 5.74) is 3.70. The maximum Gasteiger partial charge on any atom is 0.183 e. The van der Waals surface area contributed by atoms with Gasteiger partial charge in [0.25, 0.3) is 0 Å². The molecule has 0 radical (unpaired) electrons. The molecule has 3 heteroatoms. The molecule has 18 heavy (non-hydrogen) atoms. The van der Waals surface area contributed by atoms with Crippen LogP contribution in [0.1, 0.15) is 24.3 Å². The molecule has 0 bridgehead atoms. The molecule has 2 rings (SSSR count). The average Bonchev–Trinajstić information content (AvgIpc) is 2.71. The van der Waals surface area contributed by atoms with Crippen molar-refractivity contribution in [2.45, 2.75) is 27.2 Å². The summed E-state index contributed by atoms with van der Waals surface area (Å²) in [5, 5.41) is 4.08. The van der Waals surface area contributed by atoms with Crippen molar-refractivity contribution in [3.63, 3.8) is 0 Å². The van der Waals surface area contributed by atoms with E-state index in [2.05, 4.69) is 55.3 Å². The van der Waals surface area contributed by atoms with E-state index in [1.807, 2.05) is 7.05 Å². The van der Waals surface area contributed by atoms with Gasteiger partial charge in [0.2, 0.25) is 0 Å². The zero-order chi connectivity index (χ0) is 13.1. The summed E-state index contributed by atoms with van der Waals surface area (Å²) < 4.78 is 0. The molecule has 2 aromatic rings. The normalized spacial score (nSPS) is 10.9. The predicted molar refractivity (Wildman–Crippen MR) is 80.4 cm³/mol. The molecule has 0 saturated heterocycles. The summed E-state index contributed by atoms with van der Waals surface area (Å²) in [5.74, 6) is 0.702. The van der Waals surface area contributed by atoms with Crippen molar-refractivity contribution >= 4 is 16.5 Å². The number of aryl methyl sites for hydroxylation is 1. The van der Waals surface area contributed by atoms with E-state index >= 15 is 0 Å². The molecule has 0 amide bonds. The molecule has 2 nitrogen and oxygen atoms in total. The molecule has 1 aromatic heterocycles. The summed E-state index contributed by atoms with van der Waals surface area (Å²) in [4.78, 5) is 5.86. The van der Waals surface area contributed by atoms with Crippen LogP contribution in [0.3, 0.4) is 0 Å². The first-order valence-electron chi connectivity index (χ1n) is 6.34. The number of rotatable bonds is 4. The van der Waals surface area contributed by atoms with Crippen LogP contribution in [0.15, 0.2) is 24.3 Å². The zero-order valence-corrected chi connectivity index (χ0v) is 12.3. The number of hydrogen-bond acceptors (Lipinski definition) is 3. The third kappa shape index (κ3) is 2.91. The Morgan fingerprint density at radius 2 is 1.89 bits per heavy atom. The standard InChI is InChI=1S/C15H20N2S/c1-10(2)9-12-5-7-13(8-6-12)14-11(3)18-15(16-4)17-14/h5-8,10H,9H2,1-4H3,(H,16,17). The lowest BCUT2D eigenvalue weighted by molar-refractivity contribution is 0.647. The van der Waals surface area contributed by atoms with Crippen LogP contribution >= 0.6 is 11.3 Å². The maximum atomic E-state index is 4.60. The Hall–Kier alpha value is -1.35. The number of thiazole rings is 1. The number of benzene rings is 1. The molecule has 0 unspecified atom stereocenters. The molecule has 0 aliphatic carbocycles. The lowest BCUT2D eigenvalue weighted by Gasteiger charge is -2.05. The van der Waals surface area contributed by atoms with E-state index in [4.69, 9.17) is 0 Å². The topological polar surface area (TPSA) is 24.9 Å². The second kappa shape index (κ2) is 5.53. The monoisotopic (exact) mass is 260 g/mol. The van der Waals surface area contributed by atoms with Gasteiger partial charge < -0.3 is 5.32 Å². The number of nitrogens with one attached hydrogen (secondary N) is 1. The SMILES string of the molecule is CNc1nc(-c2ccc(CC(C)C)cc2)c(C)s1. The minimum absolute atomic E-state index is 0.702. The number of hydrogen-bond donors (Lipinski definition) is 1. The fraction of sp³-hybridized carbons (Fsp3) is 0.400. The van der Waals surface area contributed by atoms with Crippen LogP contribution in [0.5, 0.6) is 0 Å². The molecular formula is C15H20N2S. The summed E-state index contributed by atoms with van der Waals surface area (Å²) in [6.07, 6.45) is 1.14. The Morgan fingerprint density at radius 1 is 1.22 bits per heavy atom. The van der Waals surface area contributed by atoms with Gasteiger partial charge in [0.1, 0.15) is 0 Å². The van der Waals surface area contributed by atoms with Gasteiger partial charge in [-0.15, -0.1) is 11.3 Å². The summed E-state index contributed by atoms with van der Waals surface area (Å²) in [7, 11) is 1.91. The van der Waals surface area contributed by atoms with Crippen molar-refractivity contribution in [1.29, 1.82) is 0 Å². The highest BCUT2D eigenvalue weighted by molar-refractivity contribution is 7.15. The Labute approximate surface area is 113 Å².